The highest BCUT2D eigenvalue weighted by atomic mass is 32.1. The molecule has 0 aliphatic heterocycles. The van der Waals surface area contributed by atoms with Crippen LogP contribution in [0.1, 0.15) is 37.5 Å². The van der Waals surface area contributed by atoms with Crippen LogP contribution in [0, 0.1) is 0 Å². The van der Waals surface area contributed by atoms with E-state index in [4.69, 9.17) is 4.74 Å². The lowest BCUT2D eigenvalue weighted by Crippen LogP contribution is -2.14. The van der Waals surface area contributed by atoms with Crippen LogP contribution in [0.4, 0.5) is 0 Å². The smallest absolute Gasteiger partial charge is 0.314 e. The summed E-state index contributed by atoms with van der Waals surface area (Å²) in [5.74, 6) is -0.142. The lowest BCUT2D eigenvalue weighted by molar-refractivity contribution is -0.145. The van der Waals surface area contributed by atoms with Gasteiger partial charge in [0.25, 0.3) is 0 Å². The average Bonchev–Trinajstić information content (AvgIpc) is 2.67. The molecule has 78 valence electrons. The Morgan fingerprint density at radius 2 is 2.36 bits per heavy atom. The molecule has 1 heterocycles. The molecule has 0 aliphatic rings. The SMILES string of the molecule is CCCC(C(=O)OCC)c1cccs1. The van der Waals surface area contributed by atoms with Crippen LogP contribution in [0.15, 0.2) is 17.5 Å². The number of esters is 1. The zero-order valence-corrected chi connectivity index (χ0v) is 9.47. The van der Waals surface area contributed by atoms with Gasteiger partial charge in [0.05, 0.1) is 12.5 Å². The zero-order chi connectivity index (χ0) is 10.4. The summed E-state index contributed by atoms with van der Waals surface area (Å²) in [4.78, 5) is 12.7. The molecule has 2 nitrogen and oxygen atoms in total. The minimum atomic E-state index is -0.0863. The van der Waals surface area contributed by atoms with E-state index >= 15 is 0 Å². The van der Waals surface area contributed by atoms with Crippen molar-refractivity contribution < 1.29 is 9.53 Å². The van der Waals surface area contributed by atoms with E-state index < -0.39 is 0 Å². The molecule has 0 saturated heterocycles. The molecular weight excluding hydrogens is 196 g/mol. The number of thiophene rings is 1. The van der Waals surface area contributed by atoms with Gasteiger partial charge in [-0.15, -0.1) is 11.3 Å². The van der Waals surface area contributed by atoms with Gasteiger partial charge in [-0.25, -0.2) is 0 Å². The Morgan fingerprint density at radius 3 is 2.86 bits per heavy atom. The van der Waals surface area contributed by atoms with Gasteiger partial charge in [0.1, 0.15) is 0 Å². The van der Waals surface area contributed by atoms with Crippen LogP contribution >= 0.6 is 11.3 Å². The summed E-state index contributed by atoms with van der Waals surface area (Å²) in [5, 5.41) is 2.00. The number of ether oxygens (including phenoxy) is 1. The molecule has 3 heteroatoms. The van der Waals surface area contributed by atoms with Gasteiger partial charge in [-0.3, -0.25) is 4.79 Å². The first-order chi connectivity index (χ1) is 6.79. The fourth-order valence-corrected chi connectivity index (χ4v) is 2.25. The minimum absolute atomic E-state index is 0.0556. The summed E-state index contributed by atoms with van der Waals surface area (Å²) >= 11 is 1.62. The van der Waals surface area contributed by atoms with Crippen molar-refractivity contribution in [3.05, 3.63) is 22.4 Å². The van der Waals surface area contributed by atoms with Crippen molar-refractivity contribution in [2.45, 2.75) is 32.6 Å². The monoisotopic (exact) mass is 212 g/mol. The lowest BCUT2D eigenvalue weighted by atomic mass is 10.0. The second kappa shape index (κ2) is 5.81. The van der Waals surface area contributed by atoms with E-state index in [9.17, 15) is 4.79 Å². The van der Waals surface area contributed by atoms with Crippen LogP contribution in [-0.4, -0.2) is 12.6 Å². The number of carbonyl (C=O) groups is 1. The molecule has 1 rings (SSSR count). The summed E-state index contributed by atoms with van der Waals surface area (Å²) in [6, 6.07) is 3.98. The molecule has 14 heavy (non-hydrogen) atoms. The van der Waals surface area contributed by atoms with E-state index in [1.165, 1.54) is 0 Å². The number of hydrogen-bond acceptors (Lipinski definition) is 3. The van der Waals surface area contributed by atoms with Crippen LogP contribution in [0.25, 0.3) is 0 Å². The molecular formula is C11H16O2S. The first kappa shape index (κ1) is 11.2. The maximum atomic E-state index is 11.6. The van der Waals surface area contributed by atoms with Crippen molar-refractivity contribution >= 4 is 17.3 Å². The first-order valence-corrected chi connectivity index (χ1v) is 5.87. The van der Waals surface area contributed by atoms with Crippen LogP contribution in [-0.2, 0) is 9.53 Å². The third-order valence-electron chi connectivity index (χ3n) is 2.04. The van der Waals surface area contributed by atoms with E-state index in [1.807, 2.05) is 24.4 Å². The maximum Gasteiger partial charge on any atom is 0.314 e. The Kier molecular flexibility index (Phi) is 4.66. The molecule has 0 saturated carbocycles. The van der Waals surface area contributed by atoms with Gasteiger partial charge in [-0.05, 0) is 24.8 Å². The quantitative estimate of drug-likeness (QED) is 0.701. The van der Waals surface area contributed by atoms with Crippen molar-refractivity contribution in [1.29, 1.82) is 0 Å². The normalized spacial score (nSPS) is 12.4. The van der Waals surface area contributed by atoms with E-state index in [-0.39, 0.29) is 11.9 Å². The molecule has 0 amide bonds. The second-order valence-electron chi connectivity index (χ2n) is 3.11. The van der Waals surface area contributed by atoms with Crippen molar-refractivity contribution in [2.75, 3.05) is 6.61 Å². The van der Waals surface area contributed by atoms with Crippen molar-refractivity contribution in [1.82, 2.24) is 0 Å². The lowest BCUT2D eigenvalue weighted by Gasteiger charge is -2.12. The van der Waals surface area contributed by atoms with Gasteiger partial charge < -0.3 is 4.74 Å². The fourth-order valence-electron chi connectivity index (χ4n) is 1.40. The Balaban J connectivity index is 2.69. The van der Waals surface area contributed by atoms with Crippen LogP contribution in [0.5, 0.6) is 0 Å². The molecule has 0 N–H and O–H groups in total. The standard InChI is InChI=1S/C11H16O2S/c1-3-6-9(11(12)13-4-2)10-7-5-8-14-10/h5,7-9H,3-4,6H2,1-2H3. The molecule has 1 aromatic heterocycles. The van der Waals surface area contributed by atoms with Crippen molar-refractivity contribution in [2.24, 2.45) is 0 Å². The Morgan fingerprint density at radius 1 is 1.57 bits per heavy atom. The topological polar surface area (TPSA) is 26.3 Å². The molecule has 0 aliphatic carbocycles. The number of carbonyl (C=O) groups excluding carboxylic acids is 1. The maximum absolute atomic E-state index is 11.6. The van der Waals surface area contributed by atoms with E-state index in [0.717, 1.165) is 17.7 Å². The highest BCUT2D eigenvalue weighted by molar-refractivity contribution is 7.10. The summed E-state index contributed by atoms with van der Waals surface area (Å²) in [6.07, 6.45) is 1.88. The first-order valence-electron chi connectivity index (χ1n) is 4.99. The van der Waals surface area contributed by atoms with Crippen molar-refractivity contribution in [3.8, 4) is 0 Å². The summed E-state index contributed by atoms with van der Waals surface area (Å²) in [7, 11) is 0. The molecule has 0 fully saturated rings. The van der Waals surface area contributed by atoms with Gasteiger partial charge in [0, 0.05) is 4.88 Å². The minimum Gasteiger partial charge on any atom is -0.465 e. The van der Waals surface area contributed by atoms with Crippen molar-refractivity contribution in [3.63, 3.8) is 0 Å². The summed E-state index contributed by atoms with van der Waals surface area (Å²) in [6.45, 7) is 4.39. The van der Waals surface area contributed by atoms with Gasteiger partial charge in [-0.2, -0.15) is 0 Å². The number of hydrogen-bond donors (Lipinski definition) is 0. The van der Waals surface area contributed by atoms with E-state index in [2.05, 4.69) is 6.92 Å². The van der Waals surface area contributed by atoms with Gasteiger partial charge in [-0.1, -0.05) is 19.4 Å². The fraction of sp³-hybridized carbons (Fsp3) is 0.545. The Bertz CT molecular complexity index is 267. The van der Waals surface area contributed by atoms with Crippen LogP contribution in [0.3, 0.4) is 0 Å². The molecule has 0 spiro atoms. The van der Waals surface area contributed by atoms with E-state index in [1.54, 1.807) is 11.3 Å². The largest absolute Gasteiger partial charge is 0.465 e. The average molecular weight is 212 g/mol. The number of rotatable bonds is 5. The summed E-state index contributed by atoms with van der Waals surface area (Å²) < 4.78 is 5.05. The highest BCUT2D eigenvalue weighted by Crippen LogP contribution is 2.26. The molecule has 1 atom stereocenters. The van der Waals surface area contributed by atoms with Gasteiger partial charge in [0.15, 0.2) is 0 Å². The molecule has 1 aromatic rings. The second-order valence-corrected chi connectivity index (χ2v) is 4.09. The molecule has 1 unspecified atom stereocenters. The van der Waals surface area contributed by atoms with Gasteiger partial charge >= 0.3 is 5.97 Å². The third kappa shape index (κ3) is 2.84. The molecule has 0 aromatic carbocycles. The summed E-state index contributed by atoms with van der Waals surface area (Å²) in [5.41, 5.74) is 0. The Hall–Kier alpha value is -0.830. The van der Waals surface area contributed by atoms with Gasteiger partial charge in [0.2, 0.25) is 0 Å². The van der Waals surface area contributed by atoms with Crippen LogP contribution in [0.2, 0.25) is 0 Å². The molecule has 0 bridgehead atoms. The van der Waals surface area contributed by atoms with E-state index in [0.29, 0.717) is 6.61 Å². The third-order valence-corrected chi connectivity index (χ3v) is 3.02. The zero-order valence-electron chi connectivity index (χ0n) is 8.66. The molecule has 0 radical (unpaired) electrons. The Labute approximate surface area is 88.9 Å². The van der Waals surface area contributed by atoms with Crippen LogP contribution < -0.4 is 0 Å². The predicted molar refractivity (Wildman–Crippen MR) is 58.6 cm³/mol. The predicted octanol–water partition coefficient (Wildman–Crippen LogP) is 3.19. The highest BCUT2D eigenvalue weighted by Gasteiger charge is 2.21.